The smallest absolute Gasteiger partial charge is 0.303 e. The van der Waals surface area contributed by atoms with Crippen LogP contribution < -0.4 is 4.74 Å². The number of hydrogen-bond donors (Lipinski definition) is 1. The largest absolute Gasteiger partial charge is 0.493 e. The predicted octanol–water partition coefficient (Wildman–Crippen LogP) is 5.78. The highest BCUT2D eigenvalue weighted by Gasteiger charge is 2.37. The van der Waals surface area contributed by atoms with Gasteiger partial charge in [0.1, 0.15) is 5.75 Å². The number of carboxylic acid groups (broad SMARTS) is 1. The molecule has 0 heterocycles. The van der Waals surface area contributed by atoms with E-state index >= 15 is 0 Å². The highest BCUT2D eigenvalue weighted by atomic mass is 16.5. The van der Waals surface area contributed by atoms with Crippen molar-refractivity contribution in [3.63, 3.8) is 0 Å². The van der Waals surface area contributed by atoms with Gasteiger partial charge in [-0.3, -0.25) is 4.79 Å². The second kappa shape index (κ2) is 8.25. The van der Waals surface area contributed by atoms with Gasteiger partial charge in [-0.2, -0.15) is 0 Å². The molecule has 0 bridgehead atoms. The van der Waals surface area contributed by atoms with E-state index in [1.807, 2.05) is 31.2 Å². The normalized spacial score (nSPS) is 24.0. The lowest BCUT2D eigenvalue weighted by Crippen LogP contribution is -2.33. The maximum atomic E-state index is 10.8. The molecule has 1 unspecified atom stereocenters. The summed E-state index contributed by atoms with van der Waals surface area (Å²) in [4.78, 5) is 10.8. The van der Waals surface area contributed by atoms with Crippen molar-refractivity contribution in [2.75, 3.05) is 6.61 Å². The predicted molar refractivity (Wildman–Crippen MR) is 100 cm³/mol. The third kappa shape index (κ3) is 4.99. The van der Waals surface area contributed by atoms with Crippen LogP contribution >= 0.6 is 0 Å². The summed E-state index contributed by atoms with van der Waals surface area (Å²) in [7, 11) is 0. The molecule has 0 aromatic heterocycles. The standard InChI is InChI=1S/C22H32O3/c1-17(14-21(23)24)19-7-9-20(10-8-19)25-16-18-6-5-13-22(15-18)11-3-2-4-12-22/h7-10,17-18H,2-6,11-16H2,1H3,(H,23,24)/t17-,18?/m0/s1. The van der Waals surface area contributed by atoms with Crippen molar-refractivity contribution in [2.45, 2.75) is 77.0 Å². The molecule has 1 N–H and O–H groups in total. The highest BCUT2D eigenvalue weighted by Crippen LogP contribution is 2.49. The Bertz CT molecular complexity index is 552. The first-order valence-corrected chi connectivity index (χ1v) is 10.0. The molecule has 1 aromatic rings. The third-order valence-corrected chi connectivity index (χ3v) is 6.37. The lowest BCUT2D eigenvalue weighted by molar-refractivity contribution is -0.137. The van der Waals surface area contributed by atoms with Gasteiger partial charge in [0.2, 0.25) is 0 Å². The van der Waals surface area contributed by atoms with Crippen molar-refractivity contribution in [1.82, 2.24) is 0 Å². The molecule has 25 heavy (non-hydrogen) atoms. The quantitative estimate of drug-likeness (QED) is 0.711. The van der Waals surface area contributed by atoms with Gasteiger partial charge in [0.25, 0.3) is 0 Å². The lowest BCUT2D eigenvalue weighted by Gasteiger charge is -2.43. The van der Waals surface area contributed by atoms with Gasteiger partial charge >= 0.3 is 5.97 Å². The number of benzene rings is 1. The van der Waals surface area contributed by atoms with Gasteiger partial charge < -0.3 is 9.84 Å². The minimum Gasteiger partial charge on any atom is -0.493 e. The molecule has 0 amide bonds. The van der Waals surface area contributed by atoms with E-state index < -0.39 is 5.97 Å². The van der Waals surface area contributed by atoms with Crippen LogP contribution in [0.15, 0.2) is 24.3 Å². The summed E-state index contributed by atoms with van der Waals surface area (Å²) in [5.74, 6) is 0.893. The Morgan fingerprint density at radius 2 is 1.84 bits per heavy atom. The first-order valence-electron chi connectivity index (χ1n) is 10.0. The Labute approximate surface area is 151 Å². The van der Waals surface area contributed by atoms with E-state index in [2.05, 4.69) is 0 Å². The maximum absolute atomic E-state index is 10.8. The van der Waals surface area contributed by atoms with Crippen LogP contribution in [0, 0.1) is 11.3 Å². The van der Waals surface area contributed by atoms with Crippen LogP contribution in [-0.4, -0.2) is 17.7 Å². The van der Waals surface area contributed by atoms with Gasteiger partial charge in [-0.25, -0.2) is 0 Å². The summed E-state index contributed by atoms with van der Waals surface area (Å²) < 4.78 is 6.08. The van der Waals surface area contributed by atoms with Crippen LogP contribution in [-0.2, 0) is 4.79 Å². The van der Waals surface area contributed by atoms with E-state index in [-0.39, 0.29) is 12.3 Å². The molecule has 2 saturated carbocycles. The Hall–Kier alpha value is -1.51. The molecule has 1 spiro atoms. The van der Waals surface area contributed by atoms with Crippen molar-refractivity contribution in [3.8, 4) is 5.75 Å². The molecule has 1 aromatic carbocycles. The minimum atomic E-state index is -0.748. The summed E-state index contributed by atoms with van der Waals surface area (Å²) >= 11 is 0. The Morgan fingerprint density at radius 3 is 2.52 bits per heavy atom. The fourth-order valence-corrected chi connectivity index (χ4v) is 4.97. The van der Waals surface area contributed by atoms with Gasteiger partial charge in [-0.05, 0) is 67.1 Å². The molecule has 0 radical (unpaired) electrons. The van der Waals surface area contributed by atoms with E-state index in [9.17, 15) is 4.79 Å². The van der Waals surface area contributed by atoms with Crippen LogP contribution in [0.2, 0.25) is 0 Å². The molecule has 138 valence electrons. The molecule has 2 aliphatic carbocycles. The Morgan fingerprint density at radius 1 is 1.16 bits per heavy atom. The van der Waals surface area contributed by atoms with E-state index in [4.69, 9.17) is 9.84 Å². The molecular weight excluding hydrogens is 312 g/mol. The second-order valence-corrected chi connectivity index (χ2v) is 8.40. The zero-order valence-electron chi connectivity index (χ0n) is 15.5. The summed E-state index contributed by atoms with van der Waals surface area (Å²) in [6.07, 6.45) is 12.7. The molecule has 3 rings (SSSR count). The number of hydrogen-bond acceptors (Lipinski definition) is 2. The minimum absolute atomic E-state index is 0.0380. The number of carbonyl (C=O) groups is 1. The number of aliphatic carboxylic acids is 1. The first kappa shape index (κ1) is 18.3. The lowest BCUT2D eigenvalue weighted by atomic mass is 9.63. The molecule has 0 saturated heterocycles. The van der Waals surface area contributed by atoms with Gasteiger partial charge in [0.15, 0.2) is 0 Å². The number of rotatable bonds is 6. The van der Waals surface area contributed by atoms with Crippen LogP contribution in [0.3, 0.4) is 0 Å². The second-order valence-electron chi connectivity index (χ2n) is 8.40. The summed E-state index contributed by atoms with van der Waals surface area (Å²) in [6.45, 7) is 2.78. The fourth-order valence-electron chi connectivity index (χ4n) is 4.97. The van der Waals surface area contributed by atoms with Crippen LogP contribution in [0.25, 0.3) is 0 Å². The van der Waals surface area contributed by atoms with Crippen LogP contribution in [0.5, 0.6) is 5.75 Å². The van der Waals surface area contributed by atoms with Crippen molar-refractivity contribution < 1.29 is 14.6 Å². The maximum Gasteiger partial charge on any atom is 0.303 e. The number of ether oxygens (including phenoxy) is 1. The zero-order chi connectivity index (χ0) is 17.7. The van der Waals surface area contributed by atoms with Gasteiger partial charge in [-0.15, -0.1) is 0 Å². The van der Waals surface area contributed by atoms with Crippen molar-refractivity contribution >= 4 is 5.97 Å². The molecule has 0 aliphatic heterocycles. The number of carboxylic acids is 1. The summed E-state index contributed by atoms with van der Waals surface area (Å²) in [5, 5.41) is 8.91. The fraction of sp³-hybridized carbons (Fsp3) is 0.682. The summed E-state index contributed by atoms with van der Waals surface area (Å²) in [6, 6.07) is 8.00. The van der Waals surface area contributed by atoms with E-state index in [1.165, 1.54) is 57.8 Å². The van der Waals surface area contributed by atoms with Crippen molar-refractivity contribution in [2.24, 2.45) is 11.3 Å². The molecular formula is C22H32O3. The van der Waals surface area contributed by atoms with Crippen LogP contribution in [0.1, 0.15) is 82.6 Å². The average Bonchev–Trinajstić information content (AvgIpc) is 2.61. The average molecular weight is 344 g/mol. The Balaban J connectivity index is 1.50. The molecule has 3 heteroatoms. The zero-order valence-corrected chi connectivity index (χ0v) is 15.5. The van der Waals surface area contributed by atoms with Gasteiger partial charge in [-0.1, -0.05) is 44.7 Å². The molecule has 2 fully saturated rings. The first-order chi connectivity index (χ1) is 12.1. The van der Waals surface area contributed by atoms with E-state index in [0.717, 1.165) is 17.9 Å². The van der Waals surface area contributed by atoms with E-state index in [1.54, 1.807) is 0 Å². The van der Waals surface area contributed by atoms with Gasteiger partial charge in [0, 0.05) is 0 Å². The van der Waals surface area contributed by atoms with Crippen molar-refractivity contribution in [1.29, 1.82) is 0 Å². The third-order valence-electron chi connectivity index (χ3n) is 6.37. The van der Waals surface area contributed by atoms with E-state index in [0.29, 0.717) is 11.3 Å². The topological polar surface area (TPSA) is 46.5 Å². The van der Waals surface area contributed by atoms with Crippen molar-refractivity contribution in [3.05, 3.63) is 29.8 Å². The van der Waals surface area contributed by atoms with Gasteiger partial charge in [0.05, 0.1) is 13.0 Å². The molecule has 2 aliphatic rings. The SMILES string of the molecule is C[C@@H](CC(=O)O)c1ccc(OCC2CCCC3(CCCCC3)C2)cc1. The Kier molecular flexibility index (Phi) is 6.03. The monoisotopic (exact) mass is 344 g/mol. The molecule has 2 atom stereocenters. The highest BCUT2D eigenvalue weighted by molar-refractivity contribution is 5.67. The molecule has 3 nitrogen and oxygen atoms in total. The van der Waals surface area contributed by atoms with Crippen LogP contribution in [0.4, 0.5) is 0 Å². The summed E-state index contributed by atoms with van der Waals surface area (Å²) in [5.41, 5.74) is 1.69.